The van der Waals surface area contributed by atoms with E-state index >= 15 is 0 Å². The van der Waals surface area contributed by atoms with Gasteiger partial charge in [-0.05, 0) is 48.0 Å². The van der Waals surface area contributed by atoms with Crippen molar-refractivity contribution in [3.63, 3.8) is 0 Å². The Kier molecular flexibility index (Phi) is 5.36. The number of aliphatic hydroxyl groups is 1. The normalized spacial score (nSPS) is 17.9. The molecule has 0 saturated carbocycles. The first-order chi connectivity index (χ1) is 14.3. The van der Waals surface area contributed by atoms with Crippen molar-refractivity contribution in [1.29, 1.82) is 0 Å². The van der Waals surface area contributed by atoms with E-state index in [1.165, 1.54) is 17.0 Å². The van der Waals surface area contributed by atoms with Gasteiger partial charge < -0.3 is 10.0 Å². The molecule has 1 heterocycles. The van der Waals surface area contributed by atoms with Crippen molar-refractivity contribution in [2.45, 2.75) is 18.6 Å². The standard InChI is InChI=1S/C23H16Cl2FNO3/c24-18-10-5-14(11-19(18)25)13-27-20-4-2-1-3-17(20)23(30,22(27)29)12-21(28)15-6-8-16(26)9-7-15/h1-11,30H,12-13H2. The molecule has 30 heavy (non-hydrogen) atoms. The number of hydrogen-bond donors (Lipinski definition) is 1. The Morgan fingerprint density at radius 3 is 2.40 bits per heavy atom. The van der Waals surface area contributed by atoms with E-state index in [-0.39, 0.29) is 12.1 Å². The van der Waals surface area contributed by atoms with E-state index in [4.69, 9.17) is 23.2 Å². The van der Waals surface area contributed by atoms with Gasteiger partial charge in [0.15, 0.2) is 11.4 Å². The molecule has 0 radical (unpaired) electrons. The lowest BCUT2D eigenvalue weighted by atomic mass is 9.88. The summed E-state index contributed by atoms with van der Waals surface area (Å²) in [6.45, 7) is 0.153. The SMILES string of the molecule is O=C(CC1(O)C(=O)N(Cc2ccc(Cl)c(Cl)c2)c2ccccc21)c1ccc(F)cc1. The maximum atomic E-state index is 13.3. The molecule has 152 valence electrons. The van der Waals surface area contributed by atoms with Crippen LogP contribution in [0.3, 0.4) is 0 Å². The molecular weight excluding hydrogens is 428 g/mol. The Morgan fingerprint density at radius 1 is 1.00 bits per heavy atom. The highest BCUT2D eigenvalue weighted by Gasteiger charge is 2.50. The van der Waals surface area contributed by atoms with Crippen LogP contribution in [0.5, 0.6) is 0 Å². The molecule has 1 aliphatic rings. The summed E-state index contributed by atoms with van der Waals surface area (Å²) < 4.78 is 13.2. The van der Waals surface area contributed by atoms with Crippen molar-refractivity contribution in [2.24, 2.45) is 0 Å². The monoisotopic (exact) mass is 443 g/mol. The molecule has 1 amide bonds. The number of benzene rings is 3. The third kappa shape index (κ3) is 3.60. The number of amides is 1. The van der Waals surface area contributed by atoms with E-state index in [0.717, 1.165) is 17.7 Å². The average Bonchev–Trinajstić information content (AvgIpc) is 2.93. The van der Waals surface area contributed by atoms with Crippen molar-refractivity contribution in [3.8, 4) is 0 Å². The Labute approximate surface area is 182 Å². The lowest BCUT2D eigenvalue weighted by Gasteiger charge is -2.23. The third-order valence-electron chi connectivity index (χ3n) is 5.15. The molecule has 1 N–H and O–H groups in total. The first-order valence-corrected chi connectivity index (χ1v) is 9.92. The molecular formula is C23H16Cl2FNO3. The Hall–Kier alpha value is -2.73. The minimum Gasteiger partial charge on any atom is -0.375 e. The fraction of sp³-hybridized carbons (Fsp3) is 0.130. The molecule has 4 nitrogen and oxygen atoms in total. The maximum Gasteiger partial charge on any atom is 0.264 e. The molecule has 0 fully saturated rings. The zero-order valence-electron chi connectivity index (χ0n) is 15.6. The van der Waals surface area contributed by atoms with Crippen LogP contribution in [-0.4, -0.2) is 16.8 Å². The van der Waals surface area contributed by atoms with Gasteiger partial charge in [-0.3, -0.25) is 9.59 Å². The van der Waals surface area contributed by atoms with Crippen molar-refractivity contribution < 1.29 is 19.1 Å². The van der Waals surface area contributed by atoms with Gasteiger partial charge in [0.1, 0.15) is 5.82 Å². The molecule has 0 bridgehead atoms. The van der Waals surface area contributed by atoms with Gasteiger partial charge in [-0.1, -0.05) is 47.5 Å². The van der Waals surface area contributed by atoms with E-state index in [9.17, 15) is 19.1 Å². The summed E-state index contributed by atoms with van der Waals surface area (Å²) in [7, 11) is 0. The predicted octanol–water partition coefficient (Wildman–Crippen LogP) is 5.14. The molecule has 1 atom stereocenters. The summed E-state index contributed by atoms with van der Waals surface area (Å²) in [4.78, 5) is 27.4. The van der Waals surface area contributed by atoms with Crippen LogP contribution in [0.25, 0.3) is 0 Å². The summed E-state index contributed by atoms with van der Waals surface area (Å²) in [6.07, 6.45) is -0.452. The van der Waals surface area contributed by atoms with E-state index in [1.54, 1.807) is 42.5 Å². The molecule has 0 aliphatic carbocycles. The highest BCUT2D eigenvalue weighted by Crippen LogP contribution is 2.43. The predicted molar refractivity (Wildman–Crippen MR) is 113 cm³/mol. The number of Topliss-reactive ketones (excluding diaryl/α,β-unsaturated/α-hetero) is 1. The van der Waals surface area contributed by atoms with Crippen molar-refractivity contribution in [3.05, 3.63) is 99.3 Å². The number of hydrogen-bond acceptors (Lipinski definition) is 3. The number of nitrogens with zero attached hydrogens (tertiary/aromatic N) is 1. The van der Waals surface area contributed by atoms with E-state index in [2.05, 4.69) is 0 Å². The minimum atomic E-state index is -2.02. The van der Waals surface area contributed by atoms with Crippen molar-refractivity contribution in [1.82, 2.24) is 0 Å². The highest BCUT2D eigenvalue weighted by molar-refractivity contribution is 6.42. The number of ketones is 1. The molecule has 0 spiro atoms. The summed E-state index contributed by atoms with van der Waals surface area (Å²) in [5.41, 5.74) is -0.202. The van der Waals surface area contributed by atoms with Crippen molar-refractivity contribution >= 4 is 40.6 Å². The second-order valence-electron chi connectivity index (χ2n) is 7.12. The molecule has 3 aromatic rings. The van der Waals surface area contributed by atoms with Gasteiger partial charge in [-0.15, -0.1) is 0 Å². The van der Waals surface area contributed by atoms with Crippen LogP contribution in [0, 0.1) is 5.82 Å². The topological polar surface area (TPSA) is 57.6 Å². The molecule has 0 aromatic heterocycles. The Bertz CT molecular complexity index is 1150. The largest absolute Gasteiger partial charge is 0.375 e. The number of carbonyl (C=O) groups excluding carboxylic acids is 2. The van der Waals surface area contributed by atoms with Crippen LogP contribution in [0.15, 0.2) is 66.7 Å². The minimum absolute atomic E-state index is 0.153. The number of carbonyl (C=O) groups is 2. The van der Waals surface area contributed by atoms with Gasteiger partial charge in [0, 0.05) is 11.1 Å². The summed E-state index contributed by atoms with van der Waals surface area (Å²) in [5, 5.41) is 12.1. The van der Waals surface area contributed by atoms with Gasteiger partial charge in [-0.2, -0.15) is 0 Å². The van der Waals surface area contributed by atoms with E-state index < -0.39 is 29.5 Å². The highest BCUT2D eigenvalue weighted by atomic mass is 35.5. The lowest BCUT2D eigenvalue weighted by molar-refractivity contribution is -0.136. The third-order valence-corrected chi connectivity index (χ3v) is 5.89. The van der Waals surface area contributed by atoms with Gasteiger partial charge in [0.05, 0.1) is 28.7 Å². The fourth-order valence-corrected chi connectivity index (χ4v) is 3.95. The lowest BCUT2D eigenvalue weighted by Crippen LogP contribution is -2.41. The first-order valence-electron chi connectivity index (χ1n) is 9.16. The number of anilines is 1. The van der Waals surface area contributed by atoms with Crippen LogP contribution in [0.2, 0.25) is 10.0 Å². The summed E-state index contributed by atoms with van der Waals surface area (Å²) >= 11 is 12.0. The Balaban J connectivity index is 1.67. The van der Waals surface area contributed by atoms with Gasteiger partial charge in [0.25, 0.3) is 5.91 Å². The maximum absolute atomic E-state index is 13.3. The van der Waals surface area contributed by atoms with Gasteiger partial charge in [-0.25, -0.2) is 4.39 Å². The second-order valence-corrected chi connectivity index (χ2v) is 7.94. The summed E-state index contributed by atoms with van der Waals surface area (Å²) in [6, 6.07) is 16.8. The van der Waals surface area contributed by atoms with Crippen LogP contribution >= 0.6 is 23.2 Å². The fourth-order valence-electron chi connectivity index (χ4n) is 3.63. The number of para-hydroxylation sites is 1. The number of rotatable bonds is 5. The Morgan fingerprint density at radius 2 is 1.70 bits per heavy atom. The first kappa shape index (κ1) is 20.5. The van der Waals surface area contributed by atoms with Crippen LogP contribution < -0.4 is 4.90 Å². The molecule has 1 aliphatic heterocycles. The van der Waals surface area contributed by atoms with E-state index in [1.807, 2.05) is 0 Å². The molecule has 3 aromatic carbocycles. The van der Waals surface area contributed by atoms with Gasteiger partial charge >= 0.3 is 0 Å². The molecule has 4 rings (SSSR count). The average molecular weight is 444 g/mol. The quantitative estimate of drug-likeness (QED) is 0.555. The molecule has 1 unspecified atom stereocenters. The zero-order valence-corrected chi connectivity index (χ0v) is 17.1. The smallest absolute Gasteiger partial charge is 0.264 e. The molecule has 0 saturated heterocycles. The number of halogens is 3. The van der Waals surface area contributed by atoms with Crippen LogP contribution in [-0.2, 0) is 16.9 Å². The van der Waals surface area contributed by atoms with Crippen LogP contribution in [0.1, 0.15) is 27.9 Å². The van der Waals surface area contributed by atoms with Gasteiger partial charge in [0.2, 0.25) is 0 Å². The van der Waals surface area contributed by atoms with Crippen molar-refractivity contribution in [2.75, 3.05) is 4.90 Å². The van der Waals surface area contributed by atoms with E-state index in [0.29, 0.717) is 21.3 Å². The number of fused-ring (bicyclic) bond motifs is 1. The van der Waals surface area contributed by atoms with Crippen LogP contribution in [0.4, 0.5) is 10.1 Å². The molecule has 7 heteroatoms. The summed E-state index contributed by atoms with van der Waals surface area (Å²) in [5.74, 6) is -1.54. The zero-order chi connectivity index (χ0) is 21.5. The second kappa shape index (κ2) is 7.84.